The number of aliphatic carboxylic acids is 2. The highest BCUT2D eigenvalue weighted by molar-refractivity contribution is 7.00. The first-order valence-electron chi connectivity index (χ1n) is 16.3. The Balaban J connectivity index is 0.000000289. The number of carboxylic acids is 2. The van der Waals surface area contributed by atoms with E-state index in [1.165, 1.54) is 26.4 Å². The summed E-state index contributed by atoms with van der Waals surface area (Å²) in [6, 6.07) is 19.5. The number of aldehydes is 1. The van der Waals surface area contributed by atoms with E-state index in [9.17, 15) is 29.4 Å². The summed E-state index contributed by atoms with van der Waals surface area (Å²) in [5.41, 5.74) is 3.16. The lowest BCUT2D eigenvalue weighted by atomic mass is 9.87. The third-order valence-electron chi connectivity index (χ3n) is 8.32. The summed E-state index contributed by atoms with van der Waals surface area (Å²) in [5.74, 6) is -2.90. The fourth-order valence-corrected chi connectivity index (χ4v) is 6.26. The van der Waals surface area contributed by atoms with Gasteiger partial charge in [0.2, 0.25) is 0 Å². The van der Waals surface area contributed by atoms with Gasteiger partial charge in [-0.2, -0.15) is 8.75 Å². The molecule has 7 rings (SSSR count). The molecule has 0 spiro atoms. The molecule has 0 aliphatic carbocycles. The molecule has 2 aliphatic heterocycles. The van der Waals surface area contributed by atoms with Crippen LogP contribution in [-0.4, -0.2) is 88.9 Å². The molecule has 0 fully saturated rings. The van der Waals surface area contributed by atoms with E-state index in [0.717, 1.165) is 11.7 Å². The average Bonchev–Trinajstić information content (AvgIpc) is 3.77. The van der Waals surface area contributed by atoms with Crippen molar-refractivity contribution in [2.24, 2.45) is 0 Å². The second-order valence-corrected chi connectivity index (χ2v) is 12.3. The number of nitrogens with zero attached hydrogens (tertiary/aromatic N) is 2. The van der Waals surface area contributed by atoms with E-state index >= 15 is 0 Å². The van der Waals surface area contributed by atoms with Gasteiger partial charge in [0.25, 0.3) is 5.79 Å². The molecule has 16 nitrogen and oxygen atoms in total. The van der Waals surface area contributed by atoms with Crippen LogP contribution in [0.4, 0.5) is 0 Å². The summed E-state index contributed by atoms with van der Waals surface area (Å²) in [6.07, 6.45) is 0.564. The van der Waals surface area contributed by atoms with Crippen LogP contribution in [0.3, 0.4) is 0 Å². The summed E-state index contributed by atoms with van der Waals surface area (Å²) in [5, 5.41) is 29.7. The second-order valence-electron chi connectivity index (χ2n) is 11.8. The van der Waals surface area contributed by atoms with Gasteiger partial charge in [-0.15, -0.1) is 0 Å². The summed E-state index contributed by atoms with van der Waals surface area (Å²) in [6.45, 7) is -0.360. The van der Waals surface area contributed by atoms with Gasteiger partial charge < -0.3 is 48.5 Å². The Labute approximate surface area is 316 Å². The Morgan fingerprint density at radius 3 is 2.16 bits per heavy atom. The molecule has 55 heavy (non-hydrogen) atoms. The first-order valence-corrected chi connectivity index (χ1v) is 17.1. The molecular formula is C38H32N2O14S. The molecule has 2 aliphatic rings. The summed E-state index contributed by atoms with van der Waals surface area (Å²) in [4.78, 5) is 45.6. The molecule has 0 amide bonds. The zero-order valence-corrected chi connectivity index (χ0v) is 30.0. The van der Waals surface area contributed by atoms with Gasteiger partial charge in [-0.1, -0.05) is 12.1 Å². The largest absolute Gasteiger partial charge is 0.497 e. The van der Waals surface area contributed by atoms with Crippen molar-refractivity contribution in [3.63, 3.8) is 0 Å². The maximum absolute atomic E-state index is 13.5. The number of aromatic nitrogens is 2. The smallest absolute Gasteiger partial charge is 0.342 e. The van der Waals surface area contributed by atoms with Crippen molar-refractivity contribution < 1.29 is 67.7 Å². The van der Waals surface area contributed by atoms with Crippen LogP contribution in [0.2, 0.25) is 0 Å². The monoisotopic (exact) mass is 772 g/mol. The molecule has 4 aromatic carbocycles. The van der Waals surface area contributed by atoms with Crippen molar-refractivity contribution in [2.45, 2.75) is 12.2 Å². The Hall–Kier alpha value is -6.72. The molecule has 0 saturated carbocycles. The molecule has 3 heterocycles. The maximum atomic E-state index is 13.5. The van der Waals surface area contributed by atoms with Gasteiger partial charge in [0.15, 0.2) is 31.0 Å². The minimum atomic E-state index is -2.18. The number of esters is 1. The van der Waals surface area contributed by atoms with E-state index in [4.69, 9.17) is 38.3 Å². The Kier molecular flexibility index (Phi) is 11.4. The van der Waals surface area contributed by atoms with Crippen LogP contribution in [0.15, 0.2) is 78.4 Å². The van der Waals surface area contributed by atoms with Crippen LogP contribution in [0, 0.1) is 0 Å². The fourth-order valence-electron chi connectivity index (χ4n) is 5.74. The van der Waals surface area contributed by atoms with E-state index in [-0.39, 0.29) is 40.2 Å². The topological polar surface area (TPSA) is 219 Å². The van der Waals surface area contributed by atoms with E-state index in [1.807, 2.05) is 0 Å². The van der Waals surface area contributed by atoms with E-state index in [1.54, 1.807) is 60.7 Å². The van der Waals surface area contributed by atoms with Crippen molar-refractivity contribution in [2.75, 3.05) is 40.6 Å². The third-order valence-corrected chi connectivity index (χ3v) is 8.88. The van der Waals surface area contributed by atoms with Gasteiger partial charge in [0.05, 0.1) is 37.1 Å². The number of carboxylic acid groups (broad SMARTS) is 2. The highest BCUT2D eigenvalue weighted by Crippen LogP contribution is 2.47. The molecule has 1 aromatic heterocycles. The highest BCUT2D eigenvalue weighted by atomic mass is 32.1. The number of methoxy groups -OCH3 is 2. The van der Waals surface area contributed by atoms with Crippen LogP contribution in [-0.2, 0) is 31.3 Å². The summed E-state index contributed by atoms with van der Waals surface area (Å²) >= 11 is 1.05. The molecule has 0 bridgehead atoms. The van der Waals surface area contributed by atoms with E-state index in [0.29, 0.717) is 64.7 Å². The maximum Gasteiger partial charge on any atom is 0.342 e. The number of rotatable bonds is 13. The zero-order valence-electron chi connectivity index (χ0n) is 29.2. The molecule has 0 saturated heterocycles. The zero-order chi connectivity index (χ0) is 39.1. The number of carbonyl (C=O) groups excluding carboxylic acids is 2. The summed E-state index contributed by atoms with van der Waals surface area (Å²) in [7, 11) is 2.95. The molecular weight excluding hydrogens is 740 g/mol. The van der Waals surface area contributed by atoms with Crippen LogP contribution < -0.4 is 28.4 Å². The number of aliphatic hydroxyl groups is 1. The van der Waals surface area contributed by atoms with Crippen LogP contribution in [0.5, 0.6) is 34.5 Å². The van der Waals surface area contributed by atoms with Gasteiger partial charge in [-0.05, 0) is 59.7 Å². The standard InChI is InChI=1S/C28H22N2O9S.C10H10O5/c1-35-18-5-2-15(23(13-18)38-14-25(31)32)10-19-26(16-3-6-20-21(11-16)30-40-29-20)27(33)39-28(19,34)17-4-7-22-24(12-17)37-9-8-36-22;1-14-8-3-2-7(5-11)9(4-8)15-6-10(12)13/h2-7,11-13,34H,8-10,14H2,1H3,(H,31,32);2-5H,6H2,1H3,(H,12,13). The lowest BCUT2D eigenvalue weighted by Gasteiger charge is -2.28. The SMILES string of the molecule is COc1ccc(C=O)c(OCC(=O)O)c1.COc1ccc(CC2=C(c3ccc4nsnc4c3)C(=O)OC2(O)c2ccc3c(c2)OCCO3)c(OCC(=O)O)c1. The third kappa shape index (κ3) is 8.42. The minimum absolute atomic E-state index is 0.0294. The van der Waals surface area contributed by atoms with Crippen LogP contribution >= 0.6 is 11.7 Å². The Morgan fingerprint density at radius 2 is 1.47 bits per heavy atom. The van der Waals surface area contributed by atoms with Crippen molar-refractivity contribution in [3.8, 4) is 34.5 Å². The second kappa shape index (κ2) is 16.5. The van der Waals surface area contributed by atoms with Crippen molar-refractivity contribution in [1.29, 1.82) is 0 Å². The van der Waals surface area contributed by atoms with Gasteiger partial charge >= 0.3 is 17.9 Å². The van der Waals surface area contributed by atoms with Crippen LogP contribution in [0.1, 0.15) is 27.0 Å². The average molecular weight is 773 g/mol. The predicted octanol–water partition coefficient (Wildman–Crippen LogP) is 4.30. The molecule has 284 valence electrons. The molecule has 5 aromatic rings. The van der Waals surface area contributed by atoms with E-state index < -0.39 is 36.9 Å². The van der Waals surface area contributed by atoms with Crippen molar-refractivity contribution >= 4 is 52.5 Å². The quantitative estimate of drug-likeness (QED) is 0.112. The molecule has 17 heteroatoms. The normalized spacial score (nSPS) is 15.7. The molecule has 3 N–H and O–H groups in total. The number of fused-ring (bicyclic) bond motifs is 2. The molecule has 1 unspecified atom stereocenters. The van der Waals surface area contributed by atoms with Crippen LogP contribution in [0.25, 0.3) is 16.6 Å². The predicted molar refractivity (Wildman–Crippen MR) is 193 cm³/mol. The number of benzene rings is 4. The fraction of sp³-hybridized carbons (Fsp3) is 0.211. The number of cyclic esters (lactones) is 1. The van der Waals surface area contributed by atoms with E-state index in [2.05, 4.69) is 8.75 Å². The molecule has 0 radical (unpaired) electrons. The number of hydrogen-bond donors (Lipinski definition) is 3. The minimum Gasteiger partial charge on any atom is -0.497 e. The Bertz CT molecular complexity index is 2300. The molecule has 1 atom stereocenters. The van der Waals surface area contributed by atoms with Gasteiger partial charge in [-0.3, -0.25) is 4.79 Å². The first-order chi connectivity index (χ1) is 26.5. The number of carbonyl (C=O) groups is 4. The number of ether oxygens (including phenoxy) is 7. The highest BCUT2D eigenvalue weighted by Gasteiger charge is 2.49. The van der Waals surface area contributed by atoms with Gasteiger partial charge in [0, 0.05) is 29.7 Å². The van der Waals surface area contributed by atoms with Crippen molar-refractivity contribution in [3.05, 3.63) is 101 Å². The Morgan fingerprint density at radius 1 is 0.818 bits per heavy atom. The van der Waals surface area contributed by atoms with Gasteiger partial charge in [0.1, 0.15) is 47.2 Å². The number of hydrogen-bond acceptors (Lipinski definition) is 15. The summed E-state index contributed by atoms with van der Waals surface area (Å²) < 4.78 is 46.2. The first kappa shape index (κ1) is 38.0. The van der Waals surface area contributed by atoms with Gasteiger partial charge in [-0.25, -0.2) is 14.4 Å². The lowest BCUT2D eigenvalue weighted by molar-refractivity contribution is -0.185. The van der Waals surface area contributed by atoms with Crippen molar-refractivity contribution in [1.82, 2.24) is 8.75 Å². The lowest BCUT2D eigenvalue weighted by Crippen LogP contribution is -2.30.